The van der Waals surface area contributed by atoms with Crippen LogP contribution < -0.4 is 5.73 Å². The van der Waals surface area contributed by atoms with E-state index in [9.17, 15) is 4.79 Å². The number of amides is 1. The second kappa shape index (κ2) is 7.53. The molecule has 2 rings (SSSR count). The van der Waals surface area contributed by atoms with Crippen LogP contribution in [0, 0.1) is 0 Å². The average Bonchev–Trinajstić information content (AvgIpc) is 2.72. The van der Waals surface area contributed by atoms with Crippen molar-refractivity contribution >= 4 is 30.7 Å². The summed E-state index contributed by atoms with van der Waals surface area (Å²) >= 11 is 0. The summed E-state index contributed by atoms with van der Waals surface area (Å²) in [6.07, 6.45) is 3.24. The van der Waals surface area contributed by atoms with Crippen molar-refractivity contribution < 1.29 is 4.79 Å². The number of carbonyl (C=O) groups is 1. The Kier molecular flexibility index (Phi) is 7.52. The maximum absolute atomic E-state index is 12.1. The lowest BCUT2D eigenvalue weighted by molar-refractivity contribution is -0.138. The highest BCUT2D eigenvalue weighted by Gasteiger charge is 2.37. The van der Waals surface area contributed by atoms with Gasteiger partial charge in [-0.1, -0.05) is 6.92 Å². The van der Waals surface area contributed by atoms with E-state index in [-0.39, 0.29) is 36.8 Å². The number of piperazine rings is 1. The molecule has 0 radical (unpaired) electrons. The van der Waals surface area contributed by atoms with Gasteiger partial charge in [0.15, 0.2) is 0 Å². The third kappa shape index (κ3) is 3.50. The molecule has 2 saturated heterocycles. The predicted molar refractivity (Wildman–Crippen MR) is 78.5 cm³/mol. The first kappa shape index (κ1) is 18.0. The second-order valence-electron chi connectivity index (χ2n) is 5.15. The third-order valence-corrected chi connectivity index (χ3v) is 3.98. The Morgan fingerprint density at radius 1 is 1.39 bits per heavy atom. The minimum Gasteiger partial charge on any atom is -0.336 e. The zero-order chi connectivity index (χ0) is 11.7. The van der Waals surface area contributed by atoms with Gasteiger partial charge in [-0.25, -0.2) is 0 Å². The van der Waals surface area contributed by atoms with Crippen molar-refractivity contribution in [3.8, 4) is 0 Å². The maximum Gasteiger partial charge on any atom is 0.239 e. The van der Waals surface area contributed by atoms with Crippen LogP contribution in [0.3, 0.4) is 0 Å². The lowest BCUT2D eigenvalue weighted by Crippen LogP contribution is -2.59. The van der Waals surface area contributed by atoms with Gasteiger partial charge in [0.1, 0.15) is 0 Å². The van der Waals surface area contributed by atoms with E-state index in [2.05, 4.69) is 11.8 Å². The molecule has 1 amide bonds. The van der Waals surface area contributed by atoms with E-state index in [1.54, 1.807) is 0 Å². The van der Waals surface area contributed by atoms with Gasteiger partial charge in [0, 0.05) is 25.2 Å². The van der Waals surface area contributed by atoms with Crippen LogP contribution in [-0.4, -0.2) is 53.5 Å². The Hall–Kier alpha value is -0.0300. The quantitative estimate of drug-likeness (QED) is 0.835. The van der Waals surface area contributed by atoms with E-state index in [1.807, 2.05) is 11.8 Å². The third-order valence-electron chi connectivity index (χ3n) is 3.98. The van der Waals surface area contributed by atoms with Gasteiger partial charge in [0.2, 0.25) is 5.91 Å². The van der Waals surface area contributed by atoms with Gasteiger partial charge in [0.25, 0.3) is 0 Å². The fourth-order valence-corrected chi connectivity index (χ4v) is 2.88. The number of hydrogen-bond donors (Lipinski definition) is 1. The molecule has 0 saturated carbocycles. The van der Waals surface area contributed by atoms with Crippen molar-refractivity contribution in [2.45, 2.75) is 51.2 Å². The highest BCUT2D eigenvalue weighted by atomic mass is 35.5. The fraction of sp³-hybridized carbons (Fsp3) is 0.917. The van der Waals surface area contributed by atoms with E-state index in [0.29, 0.717) is 12.1 Å². The Balaban J connectivity index is 0.00000144. The maximum atomic E-state index is 12.1. The Morgan fingerprint density at radius 3 is 2.67 bits per heavy atom. The molecule has 0 aliphatic carbocycles. The van der Waals surface area contributed by atoms with E-state index < -0.39 is 0 Å². The summed E-state index contributed by atoms with van der Waals surface area (Å²) in [4.78, 5) is 16.6. The van der Waals surface area contributed by atoms with Gasteiger partial charge in [0.05, 0.1) is 6.04 Å². The summed E-state index contributed by atoms with van der Waals surface area (Å²) in [6.45, 7) is 7.21. The van der Waals surface area contributed by atoms with Gasteiger partial charge in [-0.05, 0) is 32.7 Å². The zero-order valence-corrected chi connectivity index (χ0v) is 12.8. The molecule has 108 valence electrons. The molecule has 0 spiro atoms. The topological polar surface area (TPSA) is 49.6 Å². The van der Waals surface area contributed by atoms with Crippen LogP contribution in [0.15, 0.2) is 0 Å². The molecule has 0 aromatic rings. The minimum atomic E-state index is -0.310. The number of fused-ring (bicyclic) bond motifs is 1. The van der Waals surface area contributed by atoms with E-state index in [4.69, 9.17) is 5.73 Å². The highest BCUT2D eigenvalue weighted by Crippen LogP contribution is 2.24. The molecule has 0 bridgehead atoms. The Labute approximate surface area is 122 Å². The lowest BCUT2D eigenvalue weighted by Gasteiger charge is -2.43. The van der Waals surface area contributed by atoms with Crippen molar-refractivity contribution in [3.63, 3.8) is 0 Å². The van der Waals surface area contributed by atoms with Gasteiger partial charge in [-0.2, -0.15) is 0 Å². The zero-order valence-electron chi connectivity index (χ0n) is 11.2. The average molecular weight is 298 g/mol. The van der Waals surface area contributed by atoms with Crippen LogP contribution in [-0.2, 0) is 4.79 Å². The number of nitrogens with zero attached hydrogens (tertiary/aromatic N) is 2. The van der Waals surface area contributed by atoms with Gasteiger partial charge < -0.3 is 10.6 Å². The van der Waals surface area contributed by atoms with Crippen molar-refractivity contribution in [3.05, 3.63) is 0 Å². The van der Waals surface area contributed by atoms with Crippen LogP contribution in [0.1, 0.15) is 33.1 Å². The Morgan fingerprint density at radius 2 is 2.06 bits per heavy atom. The van der Waals surface area contributed by atoms with Crippen LogP contribution in [0.25, 0.3) is 0 Å². The van der Waals surface area contributed by atoms with E-state index in [0.717, 1.165) is 19.5 Å². The highest BCUT2D eigenvalue weighted by molar-refractivity contribution is 5.85. The van der Waals surface area contributed by atoms with Crippen LogP contribution in [0.2, 0.25) is 0 Å². The summed E-state index contributed by atoms with van der Waals surface area (Å²) in [6, 6.07) is 0.596. The van der Waals surface area contributed by atoms with E-state index >= 15 is 0 Å². The molecular weight excluding hydrogens is 273 g/mol. The molecule has 2 aliphatic rings. The van der Waals surface area contributed by atoms with Crippen LogP contribution in [0.5, 0.6) is 0 Å². The molecular formula is C12H25Cl2N3O. The smallest absolute Gasteiger partial charge is 0.239 e. The first-order valence-electron chi connectivity index (χ1n) is 6.43. The van der Waals surface area contributed by atoms with Crippen molar-refractivity contribution in [1.29, 1.82) is 0 Å². The molecule has 0 aromatic heterocycles. The summed E-state index contributed by atoms with van der Waals surface area (Å²) < 4.78 is 0. The molecule has 2 heterocycles. The van der Waals surface area contributed by atoms with Crippen molar-refractivity contribution in [2.75, 3.05) is 19.6 Å². The summed E-state index contributed by atoms with van der Waals surface area (Å²) in [5, 5.41) is 0. The summed E-state index contributed by atoms with van der Waals surface area (Å²) in [7, 11) is 0. The molecule has 6 heteroatoms. The number of nitrogens with two attached hydrogens (primary N) is 1. The Bertz CT molecular complexity index is 278. The summed E-state index contributed by atoms with van der Waals surface area (Å²) in [5.74, 6) is 0.140. The number of rotatable bonds is 2. The monoisotopic (exact) mass is 297 g/mol. The SMILES string of the molecule is CC[C@H](N)C(=O)N1CC2CCCN2CC1C.Cl.Cl. The molecule has 2 N–H and O–H groups in total. The first-order chi connectivity index (χ1) is 7.63. The van der Waals surface area contributed by atoms with Crippen molar-refractivity contribution in [2.24, 2.45) is 5.73 Å². The molecule has 0 aromatic carbocycles. The van der Waals surface area contributed by atoms with E-state index in [1.165, 1.54) is 19.4 Å². The standard InChI is InChI=1S/C12H23N3O.2ClH/c1-3-11(13)12(16)15-8-10-5-4-6-14(10)7-9(15)2;;/h9-11H,3-8,13H2,1-2H3;2*1H/t9?,10?,11-;;/m0../s1. The molecule has 3 atom stereocenters. The summed E-state index contributed by atoms with van der Waals surface area (Å²) in [5.41, 5.74) is 5.84. The van der Waals surface area contributed by atoms with Gasteiger partial charge in [-0.3, -0.25) is 9.69 Å². The van der Waals surface area contributed by atoms with Gasteiger partial charge in [-0.15, -0.1) is 24.8 Å². The number of halogens is 2. The second-order valence-corrected chi connectivity index (χ2v) is 5.15. The first-order valence-corrected chi connectivity index (χ1v) is 6.43. The fourth-order valence-electron chi connectivity index (χ4n) is 2.88. The predicted octanol–water partition coefficient (Wildman–Crippen LogP) is 1.26. The largest absolute Gasteiger partial charge is 0.336 e. The lowest BCUT2D eigenvalue weighted by atomic mass is 10.1. The molecule has 2 fully saturated rings. The normalized spacial score (nSPS) is 28.9. The number of hydrogen-bond acceptors (Lipinski definition) is 3. The van der Waals surface area contributed by atoms with Gasteiger partial charge >= 0.3 is 0 Å². The number of carbonyl (C=O) groups excluding carboxylic acids is 1. The molecule has 2 aliphatic heterocycles. The molecule has 2 unspecified atom stereocenters. The minimum absolute atomic E-state index is 0. The molecule has 4 nitrogen and oxygen atoms in total. The van der Waals surface area contributed by atoms with Crippen LogP contribution >= 0.6 is 24.8 Å². The van der Waals surface area contributed by atoms with Crippen molar-refractivity contribution in [1.82, 2.24) is 9.80 Å². The molecule has 18 heavy (non-hydrogen) atoms. The van der Waals surface area contributed by atoms with Crippen LogP contribution in [0.4, 0.5) is 0 Å².